The zero-order valence-corrected chi connectivity index (χ0v) is 22.3. The lowest BCUT2D eigenvalue weighted by Gasteiger charge is -2.34. The lowest BCUT2D eigenvalue weighted by molar-refractivity contribution is -0.128. The fraction of sp³-hybridized carbons (Fsp3) is 0.433. The van der Waals surface area contributed by atoms with Crippen LogP contribution in [-0.2, 0) is 4.79 Å². The maximum atomic E-state index is 12.5. The second kappa shape index (κ2) is 11.7. The number of amides is 3. The SMILES string of the molecule is CC(C)c1ccc(NC(=O)NC2CCN(c3ccnc4cc(OCCN5CCCC5=O)ccc34)CC2)cc1. The van der Waals surface area contributed by atoms with E-state index in [9.17, 15) is 9.59 Å². The van der Waals surface area contributed by atoms with Gasteiger partial charge in [-0.2, -0.15) is 0 Å². The van der Waals surface area contributed by atoms with Crippen molar-refractivity contribution >= 4 is 34.2 Å². The summed E-state index contributed by atoms with van der Waals surface area (Å²) < 4.78 is 5.93. The van der Waals surface area contributed by atoms with Gasteiger partial charge in [-0.25, -0.2) is 4.79 Å². The Bertz CT molecular complexity index is 1270. The van der Waals surface area contributed by atoms with Crippen molar-refractivity contribution in [3.8, 4) is 5.75 Å². The average molecular weight is 516 g/mol. The fourth-order valence-corrected chi connectivity index (χ4v) is 5.26. The van der Waals surface area contributed by atoms with Gasteiger partial charge >= 0.3 is 6.03 Å². The van der Waals surface area contributed by atoms with Crippen molar-refractivity contribution in [3.05, 3.63) is 60.3 Å². The highest BCUT2D eigenvalue weighted by atomic mass is 16.5. The molecule has 2 aromatic carbocycles. The molecule has 0 saturated carbocycles. The van der Waals surface area contributed by atoms with Crippen LogP contribution in [-0.4, -0.2) is 60.6 Å². The Morgan fingerprint density at radius 2 is 1.87 bits per heavy atom. The standard InChI is InChI=1S/C30H37N5O3/c1-21(2)22-5-7-23(8-6-22)32-30(37)33-24-12-16-34(17-13-24)28-11-14-31-27-20-25(9-10-26(27)28)38-19-18-35-15-3-4-29(35)36/h5-11,14,20-21,24H,3-4,12-13,15-19H2,1-2H3,(H2,32,33,37). The number of hydrogen-bond donors (Lipinski definition) is 2. The number of nitrogens with one attached hydrogen (secondary N) is 2. The van der Waals surface area contributed by atoms with E-state index in [1.54, 1.807) is 0 Å². The third-order valence-electron chi connectivity index (χ3n) is 7.50. The molecule has 2 fully saturated rings. The summed E-state index contributed by atoms with van der Waals surface area (Å²) in [6, 6.07) is 16.1. The summed E-state index contributed by atoms with van der Waals surface area (Å²) in [5, 5.41) is 7.18. The minimum absolute atomic E-state index is 0.136. The molecule has 0 radical (unpaired) electrons. The monoisotopic (exact) mass is 515 g/mol. The first-order valence-corrected chi connectivity index (χ1v) is 13.7. The number of ether oxygens (including phenoxy) is 1. The first-order valence-electron chi connectivity index (χ1n) is 13.7. The lowest BCUT2D eigenvalue weighted by Crippen LogP contribution is -2.46. The fourth-order valence-electron chi connectivity index (χ4n) is 5.26. The molecular weight excluding hydrogens is 478 g/mol. The number of urea groups is 1. The van der Waals surface area contributed by atoms with E-state index in [-0.39, 0.29) is 18.0 Å². The number of likely N-dealkylation sites (tertiary alicyclic amines) is 1. The molecule has 38 heavy (non-hydrogen) atoms. The summed E-state index contributed by atoms with van der Waals surface area (Å²) in [4.78, 5) is 33.1. The van der Waals surface area contributed by atoms with E-state index in [4.69, 9.17) is 4.74 Å². The molecule has 0 atom stereocenters. The zero-order chi connectivity index (χ0) is 26.5. The Morgan fingerprint density at radius 1 is 1.08 bits per heavy atom. The second-order valence-corrected chi connectivity index (χ2v) is 10.5. The van der Waals surface area contributed by atoms with Gasteiger partial charge in [0.25, 0.3) is 0 Å². The van der Waals surface area contributed by atoms with E-state index < -0.39 is 0 Å². The van der Waals surface area contributed by atoms with Gasteiger partial charge in [0.1, 0.15) is 12.4 Å². The van der Waals surface area contributed by atoms with Crippen LogP contribution in [0.3, 0.4) is 0 Å². The molecule has 0 bridgehead atoms. The molecule has 1 aromatic heterocycles. The number of fused-ring (bicyclic) bond motifs is 1. The van der Waals surface area contributed by atoms with Crippen molar-refractivity contribution < 1.29 is 14.3 Å². The number of nitrogens with zero attached hydrogens (tertiary/aromatic N) is 3. The van der Waals surface area contributed by atoms with Crippen molar-refractivity contribution in [3.63, 3.8) is 0 Å². The van der Waals surface area contributed by atoms with Gasteiger partial charge in [-0.15, -0.1) is 0 Å². The van der Waals surface area contributed by atoms with E-state index in [1.165, 1.54) is 5.56 Å². The van der Waals surface area contributed by atoms with Gasteiger partial charge in [0, 0.05) is 61.1 Å². The molecule has 0 spiro atoms. The van der Waals surface area contributed by atoms with E-state index >= 15 is 0 Å². The van der Waals surface area contributed by atoms with Crippen LogP contribution in [0.1, 0.15) is 51.0 Å². The lowest BCUT2D eigenvalue weighted by atomic mass is 10.0. The van der Waals surface area contributed by atoms with Crippen LogP contribution in [0.4, 0.5) is 16.2 Å². The second-order valence-electron chi connectivity index (χ2n) is 10.5. The van der Waals surface area contributed by atoms with Crippen LogP contribution in [0.5, 0.6) is 5.75 Å². The van der Waals surface area contributed by atoms with Crippen molar-refractivity contribution in [1.82, 2.24) is 15.2 Å². The predicted octanol–water partition coefficient (Wildman–Crippen LogP) is 5.15. The molecular formula is C30H37N5O3. The number of piperidine rings is 1. The largest absolute Gasteiger partial charge is 0.492 e. The van der Waals surface area contributed by atoms with Crippen LogP contribution in [0.25, 0.3) is 10.9 Å². The topological polar surface area (TPSA) is 86.8 Å². The molecule has 0 aliphatic carbocycles. The van der Waals surface area contributed by atoms with E-state index in [1.807, 2.05) is 35.4 Å². The Balaban J connectivity index is 1.13. The first-order chi connectivity index (χ1) is 18.5. The van der Waals surface area contributed by atoms with Gasteiger partial charge in [0.15, 0.2) is 0 Å². The van der Waals surface area contributed by atoms with Crippen LogP contribution >= 0.6 is 0 Å². The molecule has 2 aliphatic rings. The third-order valence-corrected chi connectivity index (χ3v) is 7.50. The van der Waals surface area contributed by atoms with Gasteiger partial charge in [-0.3, -0.25) is 9.78 Å². The molecule has 5 rings (SSSR count). The van der Waals surface area contributed by atoms with Gasteiger partial charge in [0.05, 0.1) is 12.1 Å². The van der Waals surface area contributed by atoms with Crippen LogP contribution in [0.15, 0.2) is 54.7 Å². The smallest absolute Gasteiger partial charge is 0.319 e. The first kappa shape index (κ1) is 25.8. The van der Waals surface area contributed by atoms with Crippen molar-refractivity contribution in [2.24, 2.45) is 0 Å². The highest BCUT2D eigenvalue weighted by Gasteiger charge is 2.23. The Morgan fingerprint density at radius 3 is 2.58 bits per heavy atom. The molecule has 3 aromatic rings. The maximum absolute atomic E-state index is 12.5. The van der Waals surface area contributed by atoms with Crippen LogP contribution < -0.4 is 20.3 Å². The number of benzene rings is 2. The molecule has 3 heterocycles. The van der Waals surface area contributed by atoms with E-state index in [0.717, 1.165) is 66.9 Å². The summed E-state index contributed by atoms with van der Waals surface area (Å²) in [7, 11) is 0. The minimum Gasteiger partial charge on any atom is -0.492 e. The van der Waals surface area contributed by atoms with Gasteiger partial charge in [0.2, 0.25) is 5.91 Å². The van der Waals surface area contributed by atoms with Crippen molar-refractivity contribution in [2.45, 2.75) is 51.5 Å². The van der Waals surface area contributed by atoms with Crippen LogP contribution in [0, 0.1) is 0 Å². The molecule has 8 heteroatoms. The molecule has 2 aliphatic heterocycles. The van der Waals surface area contributed by atoms with Gasteiger partial charge in [-0.05, 0) is 61.1 Å². The Kier molecular flexibility index (Phi) is 7.96. The number of hydrogen-bond acceptors (Lipinski definition) is 5. The molecule has 200 valence electrons. The molecule has 3 amide bonds. The third kappa shape index (κ3) is 6.18. The van der Waals surface area contributed by atoms with Crippen molar-refractivity contribution in [2.75, 3.05) is 43.0 Å². The van der Waals surface area contributed by atoms with Crippen LogP contribution in [0.2, 0.25) is 0 Å². The van der Waals surface area contributed by atoms with E-state index in [2.05, 4.69) is 58.6 Å². The summed E-state index contributed by atoms with van der Waals surface area (Å²) >= 11 is 0. The predicted molar refractivity (Wildman–Crippen MR) is 151 cm³/mol. The molecule has 0 unspecified atom stereocenters. The van der Waals surface area contributed by atoms with E-state index in [0.29, 0.717) is 25.5 Å². The van der Waals surface area contributed by atoms with Gasteiger partial charge < -0.3 is 25.2 Å². The quantitative estimate of drug-likeness (QED) is 0.433. The highest BCUT2D eigenvalue weighted by Crippen LogP contribution is 2.30. The highest BCUT2D eigenvalue weighted by molar-refractivity contribution is 5.92. The molecule has 2 saturated heterocycles. The average Bonchev–Trinajstić information content (AvgIpc) is 3.33. The summed E-state index contributed by atoms with van der Waals surface area (Å²) in [5.74, 6) is 1.45. The molecule has 2 N–H and O–H groups in total. The summed E-state index contributed by atoms with van der Waals surface area (Å²) in [6.07, 6.45) is 5.18. The zero-order valence-electron chi connectivity index (χ0n) is 22.3. The van der Waals surface area contributed by atoms with Crippen molar-refractivity contribution in [1.29, 1.82) is 0 Å². The minimum atomic E-state index is -0.156. The number of rotatable bonds is 8. The number of aromatic nitrogens is 1. The number of pyridine rings is 1. The van der Waals surface area contributed by atoms with Gasteiger partial charge in [-0.1, -0.05) is 26.0 Å². The normalized spacial score (nSPS) is 16.3. The summed E-state index contributed by atoms with van der Waals surface area (Å²) in [5.41, 5.74) is 4.10. The molecule has 8 nitrogen and oxygen atoms in total. The number of carbonyl (C=O) groups excluding carboxylic acids is 2. The maximum Gasteiger partial charge on any atom is 0.319 e. The number of carbonyl (C=O) groups is 2. The Hall–Kier alpha value is -3.81. The summed E-state index contributed by atoms with van der Waals surface area (Å²) in [6.45, 7) is 7.96. The number of anilines is 2. The Labute approximate surface area is 224 Å².